The Morgan fingerprint density at radius 1 is 1.23 bits per heavy atom. The number of amides is 1. The van der Waals surface area contributed by atoms with Gasteiger partial charge in [0.1, 0.15) is 5.82 Å². The van der Waals surface area contributed by atoms with Crippen LogP contribution >= 0.6 is 0 Å². The second-order valence-corrected chi connectivity index (χ2v) is 4.62. The monoisotopic (exact) mass is 303 g/mol. The first-order chi connectivity index (χ1) is 10.6. The molecule has 2 aromatic rings. The van der Waals surface area contributed by atoms with Crippen molar-refractivity contribution in [2.24, 2.45) is 5.84 Å². The third-order valence-corrected chi connectivity index (χ3v) is 2.99. The summed E-state index contributed by atoms with van der Waals surface area (Å²) in [6.45, 7) is 2.40. The first-order valence-electron chi connectivity index (χ1n) is 6.89. The van der Waals surface area contributed by atoms with Gasteiger partial charge in [0.25, 0.3) is 0 Å². The zero-order valence-corrected chi connectivity index (χ0v) is 12.3. The standard InChI is InChI=1S/C16H18FN3O2/c1-2-22-16(21)19-14-5-3-4-6-15(14)20(18)11-12-7-9-13(17)10-8-12/h3-10H,2,11,18H2,1H3,(H,19,21). The molecule has 0 saturated heterocycles. The Kier molecular flexibility index (Phi) is 5.32. The topological polar surface area (TPSA) is 67.6 Å². The second kappa shape index (κ2) is 7.42. The number of benzene rings is 2. The molecule has 1 amide bonds. The lowest BCUT2D eigenvalue weighted by molar-refractivity contribution is 0.168. The van der Waals surface area contributed by atoms with E-state index < -0.39 is 6.09 Å². The molecule has 5 nitrogen and oxygen atoms in total. The van der Waals surface area contributed by atoms with Crippen molar-refractivity contribution in [3.05, 3.63) is 59.9 Å². The molecule has 0 spiro atoms. The Bertz CT molecular complexity index is 632. The van der Waals surface area contributed by atoms with Gasteiger partial charge >= 0.3 is 6.09 Å². The van der Waals surface area contributed by atoms with E-state index in [1.54, 1.807) is 37.3 Å². The van der Waals surface area contributed by atoms with Crippen LogP contribution < -0.4 is 16.2 Å². The molecule has 0 aliphatic carbocycles. The molecule has 2 aromatic carbocycles. The Labute approximate surface area is 128 Å². The fourth-order valence-electron chi connectivity index (χ4n) is 1.98. The number of hydrogen-bond donors (Lipinski definition) is 2. The maximum absolute atomic E-state index is 12.9. The van der Waals surface area contributed by atoms with Gasteiger partial charge < -0.3 is 9.75 Å². The van der Waals surface area contributed by atoms with Gasteiger partial charge in [0.05, 0.1) is 24.5 Å². The number of nitrogens with one attached hydrogen (secondary N) is 1. The molecule has 0 aliphatic heterocycles. The highest BCUT2D eigenvalue weighted by atomic mass is 19.1. The molecule has 3 N–H and O–H groups in total. The lowest BCUT2D eigenvalue weighted by Gasteiger charge is -2.22. The molecule has 0 bridgehead atoms. The number of anilines is 2. The molecule has 2 rings (SSSR count). The number of hydrogen-bond acceptors (Lipinski definition) is 4. The third kappa shape index (κ3) is 4.20. The number of ether oxygens (including phenoxy) is 1. The summed E-state index contributed by atoms with van der Waals surface area (Å²) in [5.74, 6) is 5.77. The SMILES string of the molecule is CCOC(=O)Nc1ccccc1N(N)Cc1ccc(F)cc1. The maximum Gasteiger partial charge on any atom is 0.411 e. The van der Waals surface area contributed by atoms with E-state index in [9.17, 15) is 9.18 Å². The molecule has 0 atom stereocenters. The number of para-hydroxylation sites is 2. The smallest absolute Gasteiger partial charge is 0.411 e. The lowest BCUT2D eigenvalue weighted by atomic mass is 10.2. The lowest BCUT2D eigenvalue weighted by Crippen LogP contribution is -2.31. The van der Waals surface area contributed by atoms with E-state index in [0.717, 1.165) is 5.56 Å². The fourth-order valence-corrected chi connectivity index (χ4v) is 1.98. The van der Waals surface area contributed by atoms with Gasteiger partial charge in [-0.15, -0.1) is 0 Å². The number of nitrogens with zero attached hydrogens (tertiary/aromatic N) is 1. The van der Waals surface area contributed by atoms with Crippen molar-refractivity contribution in [2.45, 2.75) is 13.5 Å². The molecule has 0 unspecified atom stereocenters. The summed E-state index contributed by atoms with van der Waals surface area (Å²) in [7, 11) is 0. The van der Waals surface area contributed by atoms with E-state index in [4.69, 9.17) is 10.6 Å². The van der Waals surface area contributed by atoms with Crippen molar-refractivity contribution in [2.75, 3.05) is 16.9 Å². The largest absolute Gasteiger partial charge is 0.450 e. The van der Waals surface area contributed by atoms with Crippen LogP contribution in [0.2, 0.25) is 0 Å². The maximum atomic E-state index is 12.9. The highest BCUT2D eigenvalue weighted by molar-refractivity contribution is 5.89. The predicted octanol–water partition coefficient (Wildman–Crippen LogP) is 3.27. The minimum atomic E-state index is -0.537. The predicted molar refractivity (Wildman–Crippen MR) is 83.9 cm³/mol. The van der Waals surface area contributed by atoms with Crippen molar-refractivity contribution < 1.29 is 13.9 Å². The van der Waals surface area contributed by atoms with Crippen LogP contribution in [-0.2, 0) is 11.3 Å². The highest BCUT2D eigenvalue weighted by Crippen LogP contribution is 2.25. The highest BCUT2D eigenvalue weighted by Gasteiger charge is 2.11. The van der Waals surface area contributed by atoms with Gasteiger partial charge in [0.15, 0.2) is 0 Å². The molecule has 0 saturated carbocycles. The molecule has 116 valence electrons. The van der Waals surface area contributed by atoms with Gasteiger partial charge in [-0.1, -0.05) is 24.3 Å². The van der Waals surface area contributed by atoms with Gasteiger partial charge in [0, 0.05) is 0 Å². The van der Waals surface area contributed by atoms with Crippen LogP contribution in [0.15, 0.2) is 48.5 Å². The molecule has 0 aromatic heterocycles. The molecule has 6 heteroatoms. The summed E-state index contributed by atoms with van der Waals surface area (Å²) >= 11 is 0. The fraction of sp³-hybridized carbons (Fsp3) is 0.188. The summed E-state index contributed by atoms with van der Waals surface area (Å²) in [6.07, 6.45) is -0.537. The van der Waals surface area contributed by atoms with Crippen molar-refractivity contribution >= 4 is 17.5 Å². The number of carbonyl (C=O) groups excluding carboxylic acids is 1. The van der Waals surface area contributed by atoms with Crippen LogP contribution in [0.5, 0.6) is 0 Å². The van der Waals surface area contributed by atoms with Crippen LogP contribution in [0, 0.1) is 5.82 Å². The van der Waals surface area contributed by atoms with Crippen LogP contribution in [0.4, 0.5) is 20.6 Å². The zero-order valence-electron chi connectivity index (χ0n) is 12.3. The minimum absolute atomic E-state index is 0.288. The van der Waals surface area contributed by atoms with Crippen molar-refractivity contribution in [1.82, 2.24) is 0 Å². The Hall–Kier alpha value is -2.60. The number of carbonyl (C=O) groups is 1. The first kappa shape index (κ1) is 15.8. The van der Waals surface area contributed by atoms with Gasteiger partial charge in [-0.05, 0) is 36.8 Å². The third-order valence-electron chi connectivity index (χ3n) is 2.99. The molecule has 0 heterocycles. The van der Waals surface area contributed by atoms with E-state index in [1.165, 1.54) is 17.1 Å². The normalized spacial score (nSPS) is 10.1. The molecular weight excluding hydrogens is 285 g/mol. The van der Waals surface area contributed by atoms with E-state index in [1.807, 2.05) is 6.07 Å². The molecule has 22 heavy (non-hydrogen) atoms. The quantitative estimate of drug-likeness (QED) is 0.657. The van der Waals surface area contributed by atoms with E-state index in [0.29, 0.717) is 17.9 Å². The number of rotatable bonds is 5. The van der Waals surface area contributed by atoms with Crippen LogP contribution in [0.1, 0.15) is 12.5 Å². The van der Waals surface area contributed by atoms with Crippen molar-refractivity contribution in [3.8, 4) is 0 Å². The summed E-state index contributed by atoms with van der Waals surface area (Å²) in [6, 6.07) is 13.2. The molecule has 0 aliphatic rings. The molecule has 0 radical (unpaired) electrons. The Morgan fingerprint density at radius 3 is 2.59 bits per heavy atom. The van der Waals surface area contributed by atoms with Crippen LogP contribution in [-0.4, -0.2) is 12.7 Å². The van der Waals surface area contributed by atoms with E-state index >= 15 is 0 Å². The van der Waals surface area contributed by atoms with Gasteiger partial charge in [-0.2, -0.15) is 0 Å². The zero-order chi connectivity index (χ0) is 15.9. The summed E-state index contributed by atoms with van der Waals surface area (Å²) in [5.41, 5.74) is 2.04. The van der Waals surface area contributed by atoms with Crippen molar-refractivity contribution in [1.29, 1.82) is 0 Å². The van der Waals surface area contributed by atoms with Gasteiger partial charge in [-0.25, -0.2) is 15.0 Å². The van der Waals surface area contributed by atoms with Gasteiger partial charge in [-0.3, -0.25) is 5.32 Å². The average molecular weight is 303 g/mol. The summed E-state index contributed by atoms with van der Waals surface area (Å²) in [5, 5.41) is 4.13. The Morgan fingerprint density at radius 2 is 1.91 bits per heavy atom. The first-order valence-corrected chi connectivity index (χ1v) is 6.89. The van der Waals surface area contributed by atoms with Crippen molar-refractivity contribution in [3.63, 3.8) is 0 Å². The minimum Gasteiger partial charge on any atom is -0.450 e. The Balaban J connectivity index is 2.13. The van der Waals surface area contributed by atoms with Gasteiger partial charge in [0.2, 0.25) is 0 Å². The number of nitrogens with two attached hydrogens (primary N) is 1. The molecular formula is C16H18FN3O2. The summed E-state index contributed by atoms with van der Waals surface area (Å²) in [4.78, 5) is 11.5. The molecule has 0 fully saturated rings. The van der Waals surface area contributed by atoms with E-state index in [-0.39, 0.29) is 12.4 Å². The second-order valence-electron chi connectivity index (χ2n) is 4.62. The number of hydrazine groups is 1. The van der Waals surface area contributed by atoms with E-state index in [2.05, 4.69) is 5.32 Å². The van der Waals surface area contributed by atoms with Crippen LogP contribution in [0.3, 0.4) is 0 Å². The number of halogens is 1. The van der Waals surface area contributed by atoms with Crippen LogP contribution in [0.25, 0.3) is 0 Å². The average Bonchev–Trinajstić information content (AvgIpc) is 2.50. The summed E-state index contributed by atoms with van der Waals surface area (Å²) < 4.78 is 17.8.